The first kappa shape index (κ1) is 17.9. The molecule has 0 fully saturated rings. The van der Waals surface area contributed by atoms with E-state index >= 15 is 0 Å². The Balaban J connectivity index is 2.51. The molecule has 0 aliphatic heterocycles. The molecule has 0 aliphatic carbocycles. The van der Waals surface area contributed by atoms with Crippen molar-refractivity contribution in [3.8, 4) is 0 Å². The molecule has 2 N–H and O–H groups in total. The van der Waals surface area contributed by atoms with Crippen LogP contribution in [0.1, 0.15) is 36.3 Å². The molecule has 0 radical (unpaired) electrons. The number of thiazole rings is 1. The van der Waals surface area contributed by atoms with E-state index in [0.717, 1.165) is 29.8 Å². The molecule has 120 valence electrons. The zero-order valence-corrected chi connectivity index (χ0v) is 15.0. The van der Waals surface area contributed by atoms with Crippen molar-refractivity contribution in [1.29, 1.82) is 0 Å². The molecule has 21 heavy (non-hydrogen) atoms. The van der Waals surface area contributed by atoms with Crippen molar-refractivity contribution < 1.29 is 4.74 Å². The lowest BCUT2D eigenvalue weighted by Gasteiger charge is -2.30. The van der Waals surface area contributed by atoms with Gasteiger partial charge in [-0.3, -0.25) is 4.99 Å². The molecule has 5 nitrogen and oxygen atoms in total. The summed E-state index contributed by atoms with van der Waals surface area (Å²) in [6.07, 6.45) is 0.128. The van der Waals surface area contributed by atoms with Crippen LogP contribution >= 0.6 is 11.3 Å². The van der Waals surface area contributed by atoms with Crippen LogP contribution in [-0.2, 0) is 11.3 Å². The highest BCUT2D eigenvalue weighted by Gasteiger charge is 2.24. The SMILES string of the molecule is CN=C(NCc1sc(C)nc1C)NCC(OC)C(C)(C)C. The van der Waals surface area contributed by atoms with E-state index in [1.165, 1.54) is 4.88 Å². The van der Waals surface area contributed by atoms with Crippen LogP contribution in [0.15, 0.2) is 4.99 Å². The van der Waals surface area contributed by atoms with Gasteiger partial charge >= 0.3 is 0 Å². The monoisotopic (exact) mass is 312 g/mol. The van der Waals surface area contributed by atoms with Crippen LogP contribution in [-0.4, -0.2) is 37.7 Å². The third-order valence-electron chi connectivity index (χ3n) is 3.34. The van der Waals surface area contributed by atoms with Crippen LogP contribution in [0.25, 0.3) is 0 Å². The highest BCUT2D eigenvalue weighted by molar-refractivity contribution is 7.11. The minimum atomic E-state index is 0.0893. The van der Waals surface area contributed by atoms with E-state index in [-0.39, 0.29) is 11.5 Å². The topological polar surface area (TPSA) is 58.5 Å². The number of aliphatic imine (C=N–C) groups is 1. The summed E-state index contributed by atoms with van der Waals surface area (Å²) in [7, 11) is 3.52. The first-order valence-corrected chi connectivity index (χ1v) is 7.99. The molecule has 1 aromatic heterocycles. The van der Waals surface area contributed by atoms with Gasteiger partial charge < -0.3 is 15.4 Å². The molecule has 0 spiro atoms. The van der Waals surface area contributed by atoms with Crippen LogP contribution in [0.5, 0.6) is 0 Å². The number of aromatic nitrogens is 1. The second-order valence-corrected chi connectivity index (χ2v) is 7.43. The standard InChI is InChI=1S/C15H28N4OS/c1-10-12(21-11(2)19-10)8-17-14(16-6)18-9-13(20-7)15(3,4)5/h13H,8-9H2,1-7H3,(H2,16,17,18). The molecular weight excluding hydrogens is 284 g/mol. The van der Waals surface area contributed by atoms with E-state index in [4.69, 9.17) is 4.74 Å². The summed E-state index contributed by atoms with van der Waals surface area (Å²) >= 11 is 1.72. The molecule has 1 atom stereocenters. The second-order valence-electron chi connectivity index (χ2n) is 6.14. The van der Waals surface area contributed by atoms with Crippen LogP contribution < -0.4 is 10.6 Å². The minimum Gasteiger partial charge on any atom is -0.379 e. The van der Waals surface area contributed by atoms with Crippen molar-refractivity contribution in [3.63, 3.8) is 0 Å². The molecular formula is C15H28N4OS. The first-order chi connectivity index (χ1) is 9.77. The number of methoxy groups -OCH3 is 1. The summed E-state index contributed by atoms with van der Waals surface area (Å²) in [6.45, 7) is 12.0. The zero-order valence-electron chi connectivity index (χ0n) is 14.2. The number of nitrogens with zero attached hydrogens (tertiary/aromatic N) is 2. The van der Waals surface area contributed by atoms with Crippen LogP contribution in [0.2, 0.25) is 0 Å². The smallest absolute Gasteiger partial charge is 0.191 e. The molecule has 0 aliphatic rings. The normalized spacial score (nSPS) is 14.1. The van der Waals surface area contributed by atoms with Crippen molar-refractivity contribution in [2.75, 3.05) is 20.7 Å². The third-order valence-corrected chi connectivity index (χ3v) is 4.42. The van der Waals surface area contributed by atoms with E-state index in [0.29, 0.717) is 0 Å². The summed E-state index contributed by atoms with van der Waals surface area (Å²) < 4.78 is 5.54. The van der Waals surface area contributed by atoms with Gasteiger partial charge in [0.15, 0.2) is 5.96 Å². The van der Waals surface area contributed by atoms with Crippen molar-refractivity contribution in [3.05, 3.63) is 15.6 Å². The summed E-state index contributed by atoms with van der Waals surface area (Å²) in [5.74, 6) is 0.784. The lowest BCUT2D eigenvalue weighted by molar-refractivity contribution is 0.0205. The Labute approximate surface area is 132 Å². The number of ether oxygens (including phenoxy) is 1. The van der Waals surface area contributed by atoms with Gasteiger partial charge in [-0.05, 0) is 19.3 Å². The Morgan fingerprint density at radius 3 is 2.43 bits per heavy atom. The highest BCUT2D eigenvalue weighted by atomic mass is 32.1. The fourth-order valence-electron chi connectivity index (χ4n) is 2.05. The van der Waals surface area contributed by atoms with Crippen LogP contribution in [0.4, 0.5) is 0 Å². The van der Waals surface area contributed by atoms with Gasteiger partial charge in [-0.25, -0.2) is 4.98 Å². The van der Waals surface area contributed by atoms with Crippen molar-refractivity contribution in [2.45, 2.75) is 47.3 Å². The lowest BCUT2D eigenvalue weighted by Crippen LogP contribution is -2.45. The van der Waals surface area contributed by atoms with E-state index < -0.39 is 0 Å². The van der Waals surface area contributed by atoms with Gasteiger partial charge in [0, 0.05) is 25.6 Å². The van der Waals surface area contributed by atoms with Crippen LogP contribution in [0.3, 0.4) is 0 Å². The Morgan fingerprint density at radius 2 is 2.00 bits per heavy atom. The van der Waals surface area contributed by atoms with Crippen molar-refractivity contribution in [2.24, 2.45) is 10.4 Å². The highest BCUT2D eigenvalue weighted by Crippen LogP contribution is 2.21. The summed E-state index contributed by atoms with van der Waals surface area (Å²) in [4.78, 5) is 9.93. The maximum Gasteiger partial charge on any atom is 0.191 e. The molecule has 1 unspecified atom stereocenters. The Bertz CT molecular complexity index is 477. The number of nitrogens with one attached hydrogen (secondary N) is 2. The van der Waals surface area contributed by atoms with E-state index in [9.17, 15) is 0 Å². The maximum absolute atomic E-state index is 5.54. The largest absolute Gasteiger partial charge is 0.379 e. The van der Waals surface area contributed by atoms with Crippen LogP contribution in [0, 0.1) is 19.3 Å². The predicted octanol–water partition coefficient (Wildman–Crippen LogP) is 2.49. The van der Waals surface area contributed by atoms with Crippen molar-refractivity contribution >= 4 is 17.3 Å². The quantitative estimate of drug-likeness (QED) is 0.648. The minimum absolute atomic E-state index is 0.0893. The number of guanidine groups is 1. The van der Waals surface area contributed by atoms with Gasteiger partial charge in [0.05, 0.1) is 23.4 Å². The molecule has 0 amide bonds. The molecule has 1 aromatic rings. The number of hydrogen-bond donors (Lipinski definition) is 2. The second kappa shape index (κ2) is 7.75. The predicted molar refractivity (Wildman–Crippen MR) is 90.0 cm³/mol. The fraction of sp³-hybridized carbons (Fsp3) is 0.733. The Kier molecular flexibility index (Phi) is 6.61. The summed E-state index contributed by atoms with van der Waals surface area (Å²) in [6, 6.07) is 0. The number of rotatable bonds is 5. The van der Waals surface area contributed by atoms with Gasteiger partial charge in [0.1, 0.15) is 0 Å². The molecule has 0 bridgehead atoms. The first-order valence-electron chi connectivity index (χ1n) is 7.18. The van der Waals surface area contributed by atoms with E-state index in [1.807, 2.05) is 13.8 Å². The average molecular weight is 312 g/mol. The number of aryl methyl sites for hydroxylation is 2. The van der Waals surface area contributed by atoms with Gasteiger partial charge in [0.25, 0.3) is 0 Å². The van der Waals surface area contributed by atoms with E-state index in [1.54, 1.807) is 25.5 Å². The van der Waals surface area contributed by atoms with Crippen molar-refractivity contribution in [1.82, 2.24) is 15.6 Å². The average Bonchev–Trinajstić information content (AvgIpc) is 2.70. The Morgan fingerprint density at radius 1 is 1.33 bits per heavy atom. The number of hydrogen-bond acceptors (Lipinski definition) is 4. The third kappa shape index (κ3) is 5.63. The van der Waals surface area contributed by atoms with Gasteiger partial charge in [-0.2, -0.15) is 0 Å². The van der Waals surface area contributed by atoms with Gasteiger partial charge in [0.2, 0.25) is 0 Å². The zero-order chi connectivity index (χ0) is 16.0. The summed E-state index contributed by atoms with van der Waals surface area (Å²) in [5.41, 5.74) is 1.18. The molecule has 1 rings (SSSR count). The van der Waals surface area contributed by atoms with Gasteiger partial charge in [-0.1, -0.05) is 20.8 Å². The van der Waals surface area contributed by atoms with Gasteiger partial charge in [-0.15, -0.1) is 11.3 Å². The maximum atomic E-state index is 5.54. The summed E-state index contributed by atoms with van der Waals surface area (Å²) in [5, 5.41) is 7.74. The molecule has 0 aromatic carbocycles. The fourth-order valence-corrected chi connectivity index (χ4v) is 2.93. The Hall–Kier alpha value is -1.14. The molecule has 0 saturated heterocycles. The van der Waals surface area contributed by atoms with E-state index in [2.05, 4.69) is 41.4 Å². The molecule has 1 heterocycles. The molecule has 6 heteroatoms. The lowest BCUT2D eigenvalue weighted by atomic mass is 9.89. The molecule has 0 saturated carbocycles.